The van der Waals surface area contributed by atoms with Crippen LogP contribution in [0.25, 0.3) is 0 Å². The average Bonchev–Trinajstić information content (AvgIpc) is 2.74. The number of hydrogen-bond donors (Lipinski definition) is 3. The van der Waals surface area contributed by atoms with Crippen LogP contribution in [0.3, 0.4) is 0 Å². The third-order valence-electron chi connectivity index (χ3n) is 3.34. The van der Waals surface area contributed by atoms with Gasteiger partial charge in [0, 0.05) is 29.5 Å². The van der Waals surface area contributed by atoms with Crippen molar-refractivity contribution in [3.05, 3.63) is 53.8 Å². The van der Waals surface area contributed by atoms with Gasteiger partial charge in [0.1, 0.15) is 11.9 Å². The molecule has 5 nitrogen and oxygen atoms in total. The first kappa shape index (κ1) is 14.1. The van der Waals surface area contributed by atoms with E-state index < -0.39 is 11.9 Å². The van der Waals surface area contributed by atoms with Crippen molar-refractivity contribution in [1.29, 1.82) is 0 Å². The van der Waals surface area contributed by atoms with Crippen molar-refractivity contribution < 1.29 is 14.0 Å². The van der Waals surface area contributed by atoms with Crippen molar-refractivity contribution in [1.82, 2.24) is 0 Å². The molecule has 0 fully saturated rings. The van der Waals surface area contributed by atoms with Gasteiger partial charge >= 0.3 is 0 Å². The molecule has 0 aromatic heterocycles. The minimum atomic E-state index is -0.594. The number of benzene rings is 2. The smallest absolute Gasteiger partial charge is 0.251 e. The fraction of sp³-hybridized carbons (Fsp3) is 0.125. The second kappa shape index (κ2) is 5.48. The number of halogens is 1. The van der Waals surface area contributed by atoms with Crippen LogP contribution in [-0.4, -0.2) is 11.8 Å². The maximum atomic E-state index is 13.2. The summed E-state index contributed by atoms with van der Waals surface area (Å²) < 4.78 is 13.2. The maximum absolute atomic E-state index is 13.2. The lowest BCUT2D eigenvalue weighted by atomic mass is 10.1. The van der Waals surface area contributed by atoms with Gasteiger partial charge in [-0.3, -0.25) is 9.59 Å². The number of carbonyl (C=O) groups excluding carboxylic acids is 2. The normalized spacial score (nSPS) is 15.9. The van der Waals surface area contributed by atoms with E-state index in [-0.39, 0.29) is 11.8 Å². The van der Waals surface area contributed by atoms with E-state index >= 15 is 0 Å². The summed E-state index contributed by atoms with van der Waals surface area (Å²) in [5, 5.41) is 8.42. The van der Waals surface area contributed by atoms with Crippen LogP contribution in [-0.2, 0) is 9.59 Å². The molecule has 0 radical (unpaired) electrons. The van der Waals surface area contributed by atoms with Gasteiger partial charge in [0.2, 0.25) is 5.91 Å². The van der Waals surface area contributed by atoms with E-state index in [0.29, 0.717) is 22.6 Å². The second-order valence-electron chi connectivity index (χ2n) is 5.06. The molecule has 2 amide bonds. The summed E-state index contributed by atoms with van der Waals surface area (Å²) in [5.41, 5.74) is 2.48. The van der Waals surface area contributed by atoms with Crippen molar-refractivity contribution in [3.8, 4) is 0 Å². The Bertz CT molecular complexity index is 761. The monoisotopic (exact) mass is 299 g/mol. The number of hydrogen-bond acceptors (Lipinski definition) is 3. The van der Waals surface area contributed by atoms with E-state index in [1.165, 1.54) is 19.1 Å². The summed E-state index contributed by atoms with van der Waals surface area (Å²) in [4.78, 5) is 23.1. The topological polar surface area (TPSA) is 70.2 Å². The molecule has 1 aliphatic rings. The maximum Gasteiger partial charge on any atom is 0.251 e. The molecule has 6 heteroatoms. The second-order valence-corrected chi connectivity index (χ2v) is 5.06. The third kappa shape index (κ3) is 2.76. The quantitative estimate of drug-likeness (QED) is 0.816. The van der Waals surface area contributed by atoms with Crippen LogP contribution in [0, 0.1) is 5.82 Å². The predicted octanol–water partition coefficient (Wildman–Crippen LogP) is 2.89. The highest BCUT2D eigenvalue weighted by Crippen LogP contribution is 2.34. The fourth-order valence-electron chi connectivity index (χ4n) is 2.43. The molecule has 3 rings (SSSR count). The molecule has 1 atom stereocenters. The molecular weight excluding hydrogens is 285 g/mol. The lowest BCUT2D eigenvalue weighted by Crippen LogP contribution is -2.19. The molecule has 1 unspecified atom stereocenters. The highest BCUT2D eigenvalue weighted by molar-refractivity contribution is 6.04. The van der Waals surface area contributed by atoms with Gasteiger partial charge < -0.3 is 16.0 Å². The first-order chi connectivity index (χ1) is 10.5. The number of rotatable bonds is 3. The average molecular weight is 299 g/mol. The van der Waals surface area contributed by atoms with Gasteiger partial charge in [0.25, 0.3) is 5.91 Å². The van der Waals surface area contributed by atoms with Crippen LogP contribution >= 0.6 is 0 Å². The Labute approximate surface area is 126 Å². The number of amides is 2. The molecule has 2 aromatic rings. The number of nitrogens with one attached hydrogen (secondary N) is 3. The van der Waals surface area contributed by atoms with E-state index in [4.69, 9.17) is 0 Å². The first-order valence-electron chi connectivity index (χ1n) is 6.77. The Morgan fingerprint density at radius 1 is 1.18 bits per heavy atom. The first-order valence-corrected chi connectivity index (χ1v) is 6.77. The summed E-state index contributed by atoms with van der Waals surface area (Å²) in [6.45, 7) is 1.43. The van der Waals surface area contributed by atoms with Gasteiger partial charge in [-0.05, 0) is 30.3 Å². The molecule has 0 saturated carbocycles. The van der Waals surface area contributed by atoms with Gasteiger partial charge in [0.05, 0.1) is 0 Å². The number of fused-ring (bicyclic) bond motifs is 1. The minimum absolute atomic E-state index is 0.170. The molecule has 0 saturated heterocycles. The van der Waals surface area contributed by atoms with Crippen molar-refractivity contribution >= 4 is 28.9 Å². The van der Waals surface area contributed by atoms with Crippen LogP contribution in [0.5, 0.6) is 0 Å². The van der Waals surface area contributed by atoms with Gasteiger partial charge in [-0.2, -0.15) is 0 Å². The minimum Gasteiger partial charge on any atom is -0.370 e. The third-order valence-corrected chi connectivity index (χ3v) is 3.34. The zero-order valence-electron chi connectivity index (χ0n) is 11.8. The lowest BCUT2D eigenvalue weighted by molar-refractivity contribution is -0.116. The molecule has 0 aliphatic carbocycles. The predicted molar refractivity (Wildman–Crippen MR) is 82.1 cm³/mol. The molecular formula is C16H14FN3O2. The molecule has 0 bridgehead atoms. The Morgan fingerprint density at radius 3 is 2.73 bits per heavy atom. The highest BCUT2D eigenvalue weighted by atomic mass is 19.1. The molecule has 1 aliphatic heterocycles. The molecule has 3 N–H and O–H groups in total. The van der Waals surface area contributed by atoms with Gasteiger partial charge in [0.15, 0.2) is 0 Å². The fourth-order valence-corrected chi connectivity index (χ4v) is 2.43. The zero-order chi connectivity index (χ0) is 15.7. The summed E-state index contributed by atoms with van der Waals surface area (Å²) in [6.07, 6.45) is 0. The Morgan fingerprint density at radius 2 is 1.95 bits per heavy atom. The van der Waals surface area contributed by atoms with Crippen LogP contribution in [0.2, 0.25) is 0 Å². The Balaban J connectivity index is 1.85. The molecule has 112 valence electrons. The van der Waals surface area contributed by atoms with Crippen LogP contribution in [0.4, 0.5) is 21.5 Å². The standard InChI is InChI=1S/C16H14FN3O2/c1-9(21)18-11-3-2-4-12(8-11)19-15-13-6-5-10(17)7-14(13)20-16(15)22/h2-8,15,19H,1H3,(H,18,21)(H,20,22). The van der Waals surface area contributed by atoms with Gasteiger partial charge in [-0.1, -0.05) is 12.1 Å². The van der Waals surface area contributed by atoms with Gasteiger partial charge in [-0.15, -0.1) is 0 Å². The van der Waals surface area contributed by atoms with Crippen LogP contribution < -0.4 is 16.0 Å². The van der Waals surface area contributed by atoms with Crippen molar-refractivity contribution in [3.63, 3.8) is 0 Å². The summed E-state index contributed by atoms with van der Waals surface area (Å²) in [7, 11) is 0. The van der Waals surface area contributed by atoms with E-state index in [2.05, 4.69) is 16.0 Å². The van der Waals surface area contributed by atoms with E-state index in [1.807, 2.05) is 0 Å². The van der Waals surface area contributed by atoms with E-state index in [1.54, 1.807) is 30.3 Å². The van der Waals surface area contributed by atoms with Gasteiger partial charge in [-0.25, -0.2) is 4.39 Å². The summed E-state index contributed by atoms with van der Waals surface area (Å²) in [6, 6.07) is 10.7. The SMILES string of the molecule is CC(=O)Nc1cccc(NC2C(=O)Nc3cc(F)ccc32)c1. The zero-order valence-corrected chi connectivity index (χ0v) is 11.8. The Kier molecular flexibility index (Phi) is 3.50. The van der Waals surface area contributed by atoms with Crippen LogP contribution in [0.1, 0.15) is 18.5 Å². The number of carbonyl (C=O) groups is 2. The number of anilines is 3. The van der Waals surface area contributed by atoms with E-state index in [0.717, 1.165) is 0 Å². The van der Waals surface area contributed by atoms with E-state index in [9.17, 15) is 14.0 Å². The van der Waals surface area contributed by atoms with Crippen LogP contribution in [0.15, 0.2) is 42.5 Å². The molecule has 1 heterocycles. The van der Waals surface area contributed by atoms with Crippen molar-refractivity contribution in [2.45, 2.75) is 13.0 Å². The molecule has 22 heavy (non-hydrogen) atoms. The van der Waals surface area contributed by atoms with Crippen molar-refractivity contribution in [2.75, 3.05) is 16.0 Å². The molecule has 2 aromatic carbocycles. The molecule has 0 spiro atoms. The van der Waals surface area contributed by atoms with Crippen molar-refractivity contribution in [2.24, 2.45) is 0 Å². The highest BCUT2D eigenvalue weighted by Gasteiger charge is 2.30. The lowest BCUT2D eigenvalue weighted by Gasteiger charge is -2.14. The largest absolute Gasteiger partial charge is 0.370 e. The Hall–Kier alpha value is -2.89. The summed E-state index contributed by atoms with van der Waals surface area (Å²) >= 11 is 0. The summed E-state index contributed by atoms with van der Waals surface area (Å²) in [5.74, 6) is -0.811.